The number of carboxylic acids is 1. The van der Waals surface area contributed by atoms with Gasteiger partial charge in [-0.3, -0.25) is 0 Å². The van der Waals surface area contributed by atoms with E-state index in [9.17, 15) is 4.79 Å². The predicted octanol–water partition coefficient (Wildman–Crippen LogP) is 1.25. The van der Waals surface area contributed by atoms with Crippen molar-refractivity contribution in [3.8, 4) is 11.5 Å². The van der Waals surface area contributed by atoms with Crippen LogP contribution in [0.2, 0.25) is 0 Å². The second-order valence-electron chi connectivity index (χ2n) is 3.51. The van der Waals surface area contributed by atoms with Crippen LogP contribution >= 0.6 is 0 Å². The Morgan fingerprint density at radius 3 is 2.65 bits per heavy atom. The van der Waals surface area contributed by atoms with Gasteiger partial charge in [0, 0.05) is 11.9 Å². The molecule has 0 aliphatic heterocycles. The van der Waals surface area contributed by atoms with Crippen LogP contribution in [-0.2, 0) is 0 Å². The molecule has 86 valence electrons. The van der Waals surface area contributed by atoms with Gasteiger partial charge in [0.2, 0.25) is 0 Å². The van der Waals surface area contributed by atoms with Gasteiger partial charge in [0.05, 0.1) is 0 Å². The summed E-state index contributed by atoms with van der Waals surface area (Å²) in [4.78, 5) is 27.1. The van der Waals surface area contributed by atoms with Crippen LogP contribution in [0.25, 0.3) is 11.5 Å². The van der Waals surface area contributed by atoms with Crippen molar-refractivity contribution in [2.24, 2.45) is 0 Å². The number of hydrogen-bond acceptors (Lipinski definition) is 5. The fourth-order valence-electron chi connectivity index (χ4n) is 1.37. The Balaban J connectivity index is 2.56. The maximum Gasteiger partial charge on any atom is 0.354 e. The van der Waals surface area contributed by atoms with Crippen LogP contribution in [0.15, 0.2) is 18.3 Å². The minimum atomic E-state index is -1.08. The Kier molecular flexibility index (Phi) is 2.78. The normalized spacial score (nSPS) is 10.2. The van der Waals surface area contributed by atoms with Gasteiger partial charge in [-0.05, 0) is 26.0 Å². The molecule has 0 saturated heterocycles. The van der Waals surface area contributed by atoms with E-state index in [2.05, 4.69) is 19.9 Å². The summed E-state index contributed by atoms with van der Waals surface area (Å²) in [5.74, 6) is -0.195. The molecule has 0 fully saturated rings. The first kappa shape index (κ1) is 11.1. The molecule has 0 radical (unpaired) electrons. The molecule has 2 aromatic rings. The highest BCUT2D eigenvalue weighted by molar-refractivity contribution is 5.85. The topological polar surface area (TPSA) is 88.9 Å². The highest BCUT2D eigenvalue weighted by atomic mass is 16.4. The van der Waals surface area contributed by atoms with Crippen LogP contribution in [0.1, 0.15) is 22.0 Å². The number of carboxylic acid groups (broad SMARTS) is 1. The summed E-state index contributed by atoms with van der Waals surface area (Å²) in [6.07, 6.45) is 1.59. The van der Waals surface area contributed by atoms with Gasteiger partial charge in [-0.15, -0.1) is 0 Å². The molecule has 17 heavy (non-hydrogen) atoms. The number of aromatic nitrogens is 4. The third-order valence-electron chi connectivity index (χ3n) is 2.08. The fraction of sp³-hybridized carbons (Fsp3) is 0.182. The number of rotatable bonds is 2. The first-order valence-corrected chi connectivity index (χ1v) is 4.95. The molecule has 0 unspecified atom stereocenters. The molecule has 0 aliphatic carbocycles. The van der Waals surface area contributed by atoms with Crippen molar-refractivity contribution in [1.29, 1.82) is 0 Å². The van der Waals surface area contributed by atoms with Crippen molar-refractivity contribution >= 4 is 5.97 Å². The largest absolute Gasteiger partial charge is 0.477 e. The molecule has 6 nitrogen and oxygen atoms in total. The van der Waals surface area contributed by atoms with Gasteiger partial charge in [-0.1, -0.05) is 0 Å². The van der Waals surface area contributed by atoms with Gasteiger partial charge in [-0.25, -0.2) is 24.7 Å². The Morgan fingerprint density at radius 1 is 1.24 bits per heavy atom. The van der Waals surface area contributed by atoms with Gasteiger partial charge in [-0.2, -0.15) is 0 Å². The lowest BCUT2D eigenvalue weighted by Gasteiger charge is -2.03. The van der Waals surface area contributed by atoms with Crippen LogP contribution in [0.3, 0.4) is 0 Å². The average Bonchev–Trinajstić information content (AvgIpc) is 2.28. The number of nitrogens with zero attached hydrogens (tertiary/aromatic N) is 4. The monoisotopic (exact) mass is 230 g/mol. The standard InChI is InChI=1S/C11H10N4O2/c1-6-5-9(11(16)17)15-10(13-6)8-3-4-12-7(2)14-8/h3-5H,1-2H3,(H,16,17). The third kappa shape index (κ3) is 2.41. The van der Waals surface area contributed by atoms with Gasteiger partial charge < -0.3 is 5.11 Å². The van der Waals surface area contributed by atoms with Gasteiger partial charge in [0.25, 0.3) is 0 Å². The molecule has 0 aliphatic rings. The summed E-state index contributed by atoms with van der Waals surface area (Å²) in [5.41, 5.74) is 1.07. The lowest BCUT2D eigenvalue weighted by molar-refractivity contribution is 0.0690. The number of carbonyl (C=O) groups is 1. The molecule has 2 aromatic heterocycles. The number of aromatic carboxylic acids is 1. The smallest absolute Gasteiger partial charge is 0.354 e. The molecular weight excluding hydrogens is 220 g/mol. The van der Waals surface area contributed by atoms with Gasteiger partial charge in [0.15, 0.2) is 11.5 Å². The van der Waals surface area contributed by atoms with E-state index in [0.717, 1.165) is 0 Å². The summed E-state index contributed by atoms with van der Waals surface area (Å²) < 4.78 is 0. The van der Waals surface area contributed by atoms with E-state index in [-0.39, 0.29) is 5.69 Å². The van der Waals surface area contributed by atoms with E-state index >= 15 is 0 Å². The molecule has 0 amide bonds. The van der Waals surface area contributed by atoms with Crippen molar-refractivity contribution in [3.63, 3.8) is 0 Å². The third-order valence-corrected chi connectivity index (χ3v) is 2.08. The average molecular weight is 230 g/mol. The maximum absolute atomic E-state index is 10.9. The predicted molar refractivity (Wildman–Crippen MR) is 59.5 cm³/mol. The number of hydrogen-bond donors (Lipinski definition) is 1. The van der Waals surface area contributed by atoms with Crippen molar-refractivity contribution in [2.75, 3.05) is 0 Å². The second kappa shape index (κ2) is 4.25. The molecule has 0 atom stereocenters. The van der Waals surface area contributed by atoms with Gasteiger partial charge >= 0.3 is 5.97 Å². The van der Waals surface area contributed by atoms with E-state index in [1.165, 1.54) is 6.07 Å². The molecule has 2 heterocycles. The molecule has 2 rings (SSSR count). The first-order valence-electron chi connectivity index (χ1n) is 4.95. The Labute approximate surface area is 97.4 Å². The van der Waals surface area contributed by atoms with Gasteiger partial charge in [0.1, 0.15) is 11.5 Å². The summed E-state index contributed by atoms with van der Waals surface area (Å²) >= 11 is 0. The summed E-state index contributed by atoms with van der Waals surface area (Å²) in [5, 5.41) is 8.91. The van der Waals surface area contributed by atoms with Crippen LogP contribution in [0, 0.1) is 13.8 Å². The van der Waals surface area contributed by atoms with E-state index in [4.69, 9.17) is 5.11 Å². The minimum absolute atomic E-state index is 0.0382. The van der Waals surface area contributed by atoms with Crippen molar-refractivity contribution in [1.82, 2.24) is 19.9 Å². The van der Waals surface area contributed by atoms with E-state index in [0.29, 0.717) is 23.0 Å². The lowest BCUT2D eigenvalue weighted by Crippen LogP contribution is -2.05. The zero-order chi connectivity index (χ0) is 12.4. The van der Waals surface area contributed by atoms with Crippen molar-refractivity contribution in [3.05, 3.63) is 35.5 Å². The maximum atomic E-state index is 10.9. The number of aryl methyl sites for hydroxylation is 2. The highest BCUT2D eigenvalue weighted by Gasteiger charge is 2.11. The first-order chi connectivity index (χ1) is 8.06. The molecular formula is C11H10N4O2. The van der Waals surface area contributed by atoms with Crippen molar-refractivity contribution < 1.29 is 9.90 Å². The summed E-state index contributed by atoms with van der Waals surface area (Å²) in [6.45, 7) is 3.46. The Morgan fingerprint density at radius 2 is 2.00 bits per heavy atom. The fourth-order valence-corrected chi connectivity index (χ4v) is 1.37. The minimum Gasteiger partial charge on any atom is -0.477 e. The summed E-state index contributed by atoms with van der Waals surface area (Å²) in [7, 11) is 0. The van der Waals surface area contributed by atoms with Crippen LogP contribution < -0.4 is 0 Å². The second-order valence-corrected chi connectivity index (χ2v) is 3.51. The summed E-state index contributed by atoms with van der Waals surface area (Å²) in [6, 6.07) is 3.06. The molecule has 6 heteroatoms. The quantitative estimate of drug-likeness (QED) is 0.835. The molecule has 0 spiro atoms. The lowest BCUT2D eigenvalue weighted by atomic mass is 10.3. The van der Waals surface area contributed by atoms with Crippen molar-refractivity contribution in [2.45, 2.75) is 13.8 Å². The van der Waals surface area contributed by atoms with Crippen LogP contribution in [-0.4, -0.2) is 31.0 Å². The molecule has 1 N–H and O–H groups in total. The zero-order valence-electron chi connectivity index (χ0n) is 9.38. The van der Waals surface area contributed by atoms with Crippen LogP contribution in [0.4, 0.5) is 0 Å². The van der Waals surface area contributed by atoms with E-state index in [1.807, 2.05) is 0 Å². The Bertz CT molecular complexity index is 583. The Hall–Kier alpha value is -2.37. The SMILES string of the molecule is Cc1cc(C(=O)O)nc(-c2ccnc(C)n2)n1. The molecule has 0 saturated carbocycles. The van der Waals surface area contributed by atoms with E-state index in [1.54, 1.807) is 26.1 Å². The zero-order valence-corrected chi connectivity index (χ0v) is 9.38. The molecule has 0 bridgehead atoms. The van der Waals surface area contributed by atoms with E-state index < -0.39 is 5.97 Å². The highest BCUT2D eigenvalue weighted by Crippen LogP contribution is 2.12. The molecule has 0 aromatic carbocycles. The van der Waals surface area contributed by atoms with Crippen LogP contribution in [0.5, 0.6) is 0 Å².